The standard InChI is InChI=1S/C17H26N4O/c1-13-5-8-21(9-6-13)16-3-2-14(10-19-16)11-20-17(22)15-4-7-18-12-15/h2-3,10,13,15,18H,4-9,11-12H2,1H3,(H,20,22). The monoisotopic (exact) mass is 302 g/mol. The Kier molecular flexibility index (Phi) is 4.93. The number of amides is 1. The summed E-state index contributed by atoms with van der Waals surface area (Å²) in [6, 6.07) is 4.15. The van der Waals surface area contributed by atoms with Gasteiger partial charge in [-0.15, -0.1) is 0 Å². The van der Waals surface area contributed by atoms with Gasteiger partial charge in [-0.2, -0.15) is 0 Å². The van der Waals surface area contributed by atoms with E-state index in [2.05, 4.69) is 39.6 Å². The molecule has 1 aromatic rings. The summed E-state index contributed by atoms with van der Waals surface area (Å²) in [5.41, 5.74) is 1.06. The Labute approximate surface area is 132 Å². The lowest BCUT2D eigenvalue weighted by atomic mass is 9.99. The van der Waals surface area contributed by atoms with E-state index in [9.17, 15) is 4.79 Å². The number of pyridine rings is 1. The molecule has 120 valence electrons. The van der Waals surface area contributed by atoms with E-state index < -0.39 is 0 Å². The van der Waals surface area contributed by atoms with Crippen molar-refractivity contribution in [1.82, 2.24) is 15.6 Å². The van der Waals surface area contributed by atoms with Crippen LogP contribution >= 0.6 is 0 Å². The molecule has 0 aromatic carbocycles. The minimum absolute atomic E-state index is 0.127. The normalized spacial score (nSPS) is 22.8. The molecule has 22 heavy (non-hydrogen) atoms. The maximum absolute atomic E-state index is 12.0. The fourth-order valence-electron chi connectivity index (χ4n) is 3.16. The number of rotatable bonds is 4. The van der Waals surface area contributed by atoms with Crippen LogP contribution < -0.4 is 15.5 Å². The van der Waals surface area contributed by atoms with Crippen molar-refractivity contribution in [3.63, 3.8) is 0 Å². The molecule has 0 radical (unpaired) electrons. The van der Waals surface area contributed by atoms with Crippen molar-refractivity contribution in [2.75, 3.05) is 31.1 Å². The van der Waals surface area contributed by atoms with Crippen LogP contribution in [0.1, 0.15) is 31.7 Å². The Morgan fingerprint density at radius 3 is 2.82 bits per heavy atom. The van der Waals surface area contributed by atoms with Crippen molar-refractivity contribution in [2.24, 2.45) is 11.8 Å². The molecule has 0 bridgehead atoms. The molecular weight excluding hydrogens is 276 g/mol. The summed E-state index contributed by atoms with van der Waals surface area (Å²) in [6.07, 6.45) is 5.32. The molecule has 3 rings (SSSR count). The van der Waals surface area contributed by atoms with Crippen molar-refractivity contribution >= 4 is 11.7 Å². The molecule has 1 atom stereocenters. The molecular formula is C17H26N4O. The van der Waals surface area contributed by atoms with Crippen LogP contribution in [0.3, 0.4) is 0 Å². The van der Waals surface area contributed by atoms with Crippen LogP contribution in [0, 0.1) is 11.8 Å². The number of nitrogens with zero attached hydrogens (tertiary/aromatic N) is 2. The Morgan fingerprint density at radius 1 is 1.36 bits per heavy atom. The Hall–Kier alpha value is -1.62. The molecule has 2 fully saturated rings. The lowest BCUT2D eigenvalue weighted by Crippen LogP contribution is -2.33. The average molecular weight is 302 g/mol. The number of piperidine rings is 1. The van der Waals surface area contributed by atoms with Gasteiger partial charge < -0.3 is 15.5 Å². The first-order chi connectivity index (χ1) is 10.7. The molecule has 0 saturated carbocycles. The minimum atomic E-state index is 0.127. The Bertz CT molecular complexity index is 488. The van der Waals surface area contributed by atoms with Crippen LogP contribution in [0.4, 0.5) is 5.82 Å². The third kappa shape index (κ3) is 3.77. The molecule has 1 amide bonds. The minimum Gasteiger partial charge on any atom is -0.357 e. The predicted octanol–water partition coefficient (Wildman–Crippen LogP) is 1.54. The maximum Gasteiger partial charge on any atom is 0.224 e. The average Bonchev–Trinajstić information content (AvgIpc) is 3.08. The van der Waals surface area contributed by atoms with Crippen molar-refractivity contribution < 1.29 is 4.79 Å². The van der Waals surface area contributed by atoms with Crippen molar-refractivity contribution in [2.45, 2.75) is 32.7 Å². The van der Waals surface area contributed by atoms with Crippen molar-refractivity contribution in [1.29, 1.82) is 0 Å². The Balaban J connectivity index is 1.50. The number of aromatic nitrogens is 1. The number of hydrogen-bond acceptors (Lipinski definition) is 4. The number of anilines is 1. The third-order valence-corrected chi connectivity index (χ3v) is 4.81. The van der Waals surface area contributed by atoms with E-state index in [1.165, 1.54) is 12.8 Å². The van der Waals surface area contributed by atoms with Gasteiger partial charge in [0.1, 0.15) is 5.82 Å². The first-order valence-electron chi connectivity index (χ1n) is 8.40. The summed E-state index contributed by atoms with van der Waals surface area (Å²) >= 11 is 0. The van der Waals surface area contributed by atoms with Gasteiger partial charge in [-0.1, -0.05) is 13.0 Å². The second-order valence-corrected chi connectivity index (χ2v) is 6.60. The SMILES string of the molecule is CC1CCN(c2ccc(CNC(=O)C3CCNC3)cn2)CC1. The lowest BCUT2D eigenvalue weighted by molar-refractivity contribution is -0.124. The van der Waals surface area contributed by atoms with Gasteiger partial charge in [-0.3, -0.25) is 4.79 Å². The van der Waals surface area contributed by atoms with Crippen molar-refractivity contribution in [3.8, 4) is 0 Å². The summed E-state index contributed by atoms with van der Waals surface area (Å²) in [6.45, 7) is 6.83. The zero-order valence-corrected chi connectivity index (χ0v) is 13.3. The van der Waals surface area contributed by atoms with Gasteiger partial charge in [0, 0.05) is 32.4 Å². The van der Waals surface area contributed by atoms with E-state index in [-0.39, 0.29) is 11.8 Å². The van der Waals surface area contributed by atoms with Gasteiger partial charge in [-0.05, 0) is 43.4 Å². The summed E-state index contributed by atoms with van der Waals surface area (Å²) in [4.78, 5) is 18.9. The van der Waals surface area contributed by atoms with E-state index in [1.807, 2.05) is 6.20 Å². The number of hydrogen-bond donors (Lipinski definition) is 2. The highest BCUT2D eigenvalue weighted by molar-refractivity contribution is 5.79. The van der Waals surface area contributed by atoms with E-state index in [1.54, 1.807) is 0 Å². The van der Waals surface area contributed by atoms with E-state index >= 15 is 0 Å². The van der Waals surface area contributed by atoms with Gasteiger partial charge in [0.15, 0.2) is 0 Å². The summed E-state index contributed by atoms with van der Waals surface area (Å²) < 4.78 is 0. The molecule has 5 nitrogen and oxygen atoms in total. The molecule has 5 heteroatoms. The van der Waals surface area contributed by atoms with Crippen LogP contribution in [0.15, 0.2) is 18.3 Å². The second-order valence-electron chi connectivity index (χ2n) is 6.60. The molecule has 2 aliphatic heterocycles. The highest BCUT2D eigenvalue weighted by Crippen LogP contribution is 2.21. The first kappa shape index (κ1) is 15.3. The zero-order valence-electron chi connectivity index (χ0n) is 13.3. The smallest absolute Gasteiger partial charge is 0.224 e. The van der Waals surface area contributed by atoms with Crippen molar-refractivity contribution in [3.05, 3.63) is 23.9 Å². The lowest BCUT2D eigenvalue weighted by Gasteiger charge is -2.31. The zero-order chi connectivity index (χ0) is 15.4. The molecule has 2 saturated heterocycles. The van der Waals surface area contributed by atoms with Gasteiger partial charge in [0.25, 0.3) is 0 Å². The molecule has 3 heterocycles. The molecule has 1 aromatic heterocycles. The summed E-state index contributed by atoms with van der Waals surface area (Å²) in [5.74, 6) is 2.17. The fraction of sp³-hybridized carbons (Fsp3) is 0.647. The quantitative estimate of drug-likeness (QED) is 0.886. The van der Waals surface area contributed by atoms with Gasteiger partial charge in [0.05, 0.1) is 5.92 Å². The maximum atomic E-state index is 12.0. The highest BCUT2D eigenvalue weighted by atomic mass is 16.1. The van der Waals surface area contributed by atoms with Gasteiger partial charge in [0.2, 0.25) is 5.91 Å². The van der Waals surface area contributed by atoms with Crippen LogP contribution in [0.2, 0.25) is 0 Å². The van der Waals surface area contributed by atoms with E-state index in [4.69, 9.17) is 0 Å². The van der Waals surface area contributed by atoms with E-state index in [0.29, 0.717) is 6.54 Å². The molecule has 2 aliphatic rings. The fourth-order valence-corrected chi connectivity index (χ4v) is 3.16. The van der Waals surface area contributed by atoms with Crippen LogP contribution in [0.5, 0.6) is 0 Å². The third-order valence-electron chi connectivity index (χ3n) is 4.81. The summed E-state index contributed by atoms with van der Waals surface area (Å²) in [7, 11) is 0. The number of carbonyl (C=O) groups is 1. The van der Waals surface area contributed by atoms with Gasteiger partial charge >= 0.3 is 0 Å². The molecule has 2 N–H and O–H groups in total. The largest absolute Gasteiger partial charge is 0.357 e. The van der Waals surface area contributed by atoms with Crippen LogP contribution in [-0.2, 0) is 11.3 Å². The topological polar surface area (TPSA) is 57.3 Å². The summed E-state index contributed by atoms with van der Waals surface area (Å²) in [5, 5.41) is 6.23. The van der Waals surface area contributed by atoms with Crippen LogP contribution in [-0.4, -0.2) is 37.1 Å². The van der Waals surface area contributed by atoms with Gasteiger partial charge in [-0.25, -0.2) is 4.98 Å². The number of nitrogens with one attached hydrogen (secondary N) is 2. The Morgan fingerprint density at radius 2 is 2.18 bits per heavy atom. The molecule has 0 aliphatic carbocycles. The van der Waals surface area contributed by atoms with E-state index in [0.717, 1.165) is 49.9 Å². The second kappa shape index (κ2) is 7.09. The molecule has 0 spiro atoms. The number of carbonyl (C=O) groups excluding carboxylic acids is 1. The van der Waals surface area contributed by atoms with Crippen LogP contribution in [0.25, 0.3) is 0 Å². The predicted molar refractivity (Wildman–Crippen MR) is 87.7 cm³/mol. The highest BCUT2D eigenvalue weighted by Gasteiger charge is 2.22. The molecule has 1 unspecified atom stereocenters. The first-order valence-corrected chi connectivity index (χ1v) is 8.40.